The number of carbonyl (C=O) groups is 2. The van der Waals surface area contributed by atoms with E-state index in [1.807, 2.05) is 0 Å². The molecule has 1 heterocycles. The lowest BCUT2D eigenvalue weighted by Gasteiger charge is -2.01. The lowest BCUT2D eigenvalue weighted by atomic mass is 10.3. The Labute approximate surface area is 88.7 Å². The SMILES string of the molecule is CCCCCOC(=O)C1OC1C(=O)OC. The third-order valence-electron chi connectivity index (χ3n) is 2.15. The van der Waals surface area contributed by atoms with E-state index in [4.69, 9.17) is 9.47 Å². The van der Waals surface area contributed by atoms with Crippen molar-refractivity contribution in [2.75, 3.05) is 13.7 Å². The fourth-order valence-corrected chi connectivity index (χ4v) is 1.19. The van der Waals surface area contributed by atoms with E-state index in [0.29, 0.717) is 6.61 Å². The smallest absolute Gasteiger partial charge is 0.338 e. The minimum absolute atomic E-state index is 0.389. The molecular formula is C10H16O5. The van der Waals surface area contributed by atoms with Crippen LogP contribution in [0.2, 0.25) is 0 Å². The van der Waals surface area contributed by atoms with Crippen molar-refractivity contribution < 1.29 is 23.8 Å². The van der Waals surface area contributed by atoms with E-state index >= 15 is 0 Å². The molecule has 0 aromatic rings. The predicted octanol–water partition coefficient (Wildman–Crippen LogP) is 0.660. The maximum absolute atomic E-state index is 11.2. The number of esters is 2. The average Bonchev–Trinajstić information content (AvgIpc) is 3.03. The van der Waals surface area contributed by atoms with Crippen LogP contribution in [0.25, 0.3) is 0 Å². The van der Waals surface area contributed by atoms with Crippen LogP contribution in [-0.4, -0.2) is 37.9 Å². The molecule has 0 aromatic carbocycles. The Morgan fingerprint density at radius 2 is 1.87 bits per heavy atom. The normalized spacial score (nSPS) is 23.3. The first kappa shape index (κ1) is 12.0. The van der Waals surface area contributed by atoms with Crippen molar-refractivity contribution >= 4 is 11.9 Å². The molecular weight excluding hydrogens is 200 g/mol. The number of ether oxygens (including phenoxy) is 3. The molecule has 1 aliphatic heterocycles. The molecule has 0 aromatic heterocycles. The Morgan fingerprint density at radius 3 is 2.47 bits per heavy atom. The first-order valence-electron chi connectivity index (χ1n) is 5.10. The van der Waals surface area contributed by atoms with Crippen molar-refractivity contribution in [2.24, 2.45) is 0 Å². The van der Waals surface area contributed by atoms with E-state index in [1.165, 1.54) is 7.11 Å². The van der Waals surface area contributed by atoms with E-state index in [1.54, 1.807) is 0 Å². The van der Waals surface area contributed by atoms with E-state index in [0.717, 1.165) is 19.3 Å². The van der Waals surface area contributed by atoms with Gasteiger partial charge in [0.05, 0.1) is 13.7 Å². The molecule has 5 nitrogen and oxygen atoms in total. The van der Waals surface area contributed by atoms with Crippen LogP contribution in [0.4, 0.5) is 0 Å². The maximum atomic E-state index is 11.2. The lowest BCUT2D eigenvalue weighted by Crippen LogP contribution is -2.19. The summed E-state index contributed by atoms with van der Waals surface area (Å²) in [5.74, 6) is -0.994. The molecule has 0 N–H and O–H groups in total. The van der Waals surface area contributed by atoms with Crippen LogP contribution in [0.15, 0.2) is 0 Å². The molecule has 0 amide bonds. The molecule has 0 aliphatic carbocycles. The fraction of sp³-hybridized carbons (Fsp3) is 0.800. The van der Waals surface area contributed by atoms with Gasteiger partial charge in [0.1, 0.15) is 0 Å². The molecule has 0 bridgehead atoms. The minimum Gasteiger partial charge on any atom is -0.467 e. The second-order valence-corrected chi connectivity index (χ2v) is 3.38. The number of epoxide rings is 1. The number of hydrogen-bond donors (Lipinski definition) is 0. The molecule has 15 heavy (non-hydrogen) atoms. The highest BCUT2D eigenvalue weighted by atomic mass is 16.7. The topological polar surface area (TPSA) is 65.1 Å². The molecule has 0 saturated carbocycles. The summed E-state index contributed by atoms with van der Waals surface area (Å²) in [5.41, 5.74) is 0. The van der Waals surface area contributed by atoms with Gasteiger partial charge in [-0.3, -0.25) is 0 Å². The third-order valence-corrected chi connectivity index (χ3v) is 2.15. The molecule has 1 saturated heterocycles. The number of unbranched alkanes of at least 4 members (excludes halogenated alkanes) is 2. The summed E-state index contributed by atoms with van der Waals surface area (Å²) in [7, 11) is 1.26. The molecule has 2 unspecified atom stereocenters. The summed E-state index contributed by atoms with van der Waals surface area (Å²) in [6.07, 6.45) is 1.44. The Bertz CT molecular complexity index is 238. The van der Waals surface area contributed by atoms with Crippen molar-refractivity contribution in [3.8, 4) is 0 Å². The lowest BCUT2D eigenvalue weighted by molar-refractivity contribution is -0.146. The zero-order valence-electron chi connectivity index (χ0n) is 9.02. The molecule has 5 heteroatoms. The molecule has 1 rings (SSSR count). The van der Waals surface area contributed by atoms with Gasteiger partial charge in [-0.05, 0) is 6.42 Å². The quantitative estimate of drug-likeness (QED) is 0.371. The largest absolute Gasteiger partial charge is 0.467 e. The van der Waals surface area contributed by atoms with Gasteiger partial charge in [-0.15, -0.1) is 0 Å². The van der Waals surface area contributed by atoms with E-state index in [9.17, 15) is 9.59 Å². The fourth-order valence-electron chi connectivity index (χ4n) is 1.19. The van der Waals surface area contributed by atoms with Gasteiger partial charge in [-0.1, -0.05) is 19.8 Å². The van der Waals surface area contributed by atoms with Crippen LogP contribution >= 0.6 is 0 Å². The summed E-state index contributed by atoms with van der Waals surface area (Å²) in [4.78, 5) is 22.2. The number of carbonyl (C=O) groups excluding carboxylic acids is 2. The monoisotopic (exact) mass is 216 g/mol. The second kappa shape index (κ2) is 5.70. The van der Waals surface area contributed by atoms with Gasteiger partial charge < -0.3 is 14.2 Å². The summed E-state index contributed by atoms with van der Waals surface area (Å²) >= 11 is 0. The van der Waals surface area contributed by atoms with Gasteiger partial charge in [0.2, 0.25) is 0 Å². The molecule has 2 atom stereocenters. The summed E-state index contributed by atoms with van der Waals surface area (Å²) in [5, 5.41) is 0. The van der Waals surface area contributed by atoms with Gasteiger partial charge in [0.25, 0.3) is 0 Å². The van der Waals surface area contributed by atoms with Crippen LogP contribution in [0.1, 0.15) is 26.2 Å². The van der Waals surface area contributed by atoms with E-state index in [2.05, 4.69) is 11.7 Å². The Kier molecular flexibility index (Phi) is 4.55. The van der Waals surface area contributed by atoms with Crippen LogP contribution in [-0.2, 0) is 23.8 Å². The zero-order chi connectivity index (χ0) is 11.3. The van der Waals surface area contributed by atoms with Gasteiger partial charge in [0.15, 0.2) is 12.2 Å². The van der Waals surface area contributed by atoms with Gasteiger partial charge in [0, 0.05) is 0 Å². The van der Waals surface area contributed by atoms with Gasteiger partial charge in [-0.2, -0.15) is 0 Å². The summed E-state index contributed by atoms with van der Waals surface area (Å²) in [6, 6.07) is 0. The van der Waals surface area contributed by atoms with Crippen molar-refractivity contribution in [1.29, 1.82) is 0 Å². The number of rotatable bonds is 6. The predicted molar refractivity (Wildman–Crippen MR) is 51.2 cm³/mol. The minimum atomic E-state index is -0.756. The first-order valence-corrected chi connectivity index (χ1v) is 5.10. The average molecular weight is 216 g/mol. The number of hydrogen-bond acceptors (Lipinski definition) is 5. The van der Waals surface area contributed by atoms with E-state index in [-0.39, 0.29) is 0 Å². The van der Waals surface area contributed by atoms with Crippen molar-refractivity contribution in [3.63, 3.8) is 0 Å². The zero-order valence-corrected chi connectivity index (χ0v) is 9.02. The summed E-state index contributed by atoms with van der Waals surface area (Å²) in [6.45, 7) is 2.46. The molecule has 1 fully saturated rings. The maximum Gasteiger partial charge on any atom is 0.338 e. The molecule has 0 spiro atoms. The van der Waals surface area contributed by atoms with Gasteiger partial charge >= 0.3 is 11.9 Å². The highest BCUT2D eigenvalue weighted by Gasteiger charge is 2.52. The summed E-state index contributed by atoms with van der Waals surface area (Å²) < 4.78 is 14.2. The van der Waals surface area contributed by atoms with E-state index < -0.39 is 24.1 Å². The Morgan fingerprint density at radius 1 is 1.20 bits per heavy atom. The Balaban J connectivity index is 2.12. The number of methoxy groups -OCH3 is 1. The first-order chi connectivity index (χ1) is 7.20. The van der Waals surface area contributed by atoms with Crippen LogP contribution in [0.5, 0.6) is 0 Å². The van der Waals surface area contributed by atoms with Crippen LogP contribution in [0.3, 0.4) is 0 Å². The highest BCUT2D eigenvalue weighted by molar-refractivity contribution is 5.89. The second-order valence-electron chi connectivity index (χ2n) is 3.38. The Hall–Kier alpha value is -1.10. The van der Waals surface area contributed by atoms with Crippen molar-refractivity contribution in [3.05, 3.63) is 0 Å². The molecule has 1 aliphatic rings. The molecule has 0 radical (unpaired) electrons. The highest BCUT2D eigenvalue weighted by Crippen LogP contribution is 2.24. The van der Waals surface area contributed by atoms with Crippen molar-refractivity contribution in [1.82, 2.24) is 0 Å². The third kappa shape index (κ3) is 3.51. The van der Waals surface area contributed by atoms with Gasteiger partial charge in [-0.25, -0.2) is 9.59 Å². The van der Waals surface area contributed by atoms with Crippen LogP contribution in [0, 0.1) is 0 Å². The standard InChI is InChI=1S/C10H16O5/c1-3-4-5-6-14-10(12)8-7(15-8)9(11)13-2/h7-8H,3-6H2,1-2H3. The molecule has 86 valence electrons. The van der Waals surface area contributed by atoms with Crippen LogP contribution < -0.4 is 0 Å². The van der Waals surface area contributed by atoms with Crippen molar-refractivity contribution in [2.45, 2.75) is 38.4 Å².